The minimum atomic E-state index is -3.00. The van der Waals surface area contributed by atoms with E-state index in [9.17, 15) is 13.2 Å². The van der Waals surface area contributed by atoms with Crippen LogP contribution in [0.1, 0.15) is 35.9 Å². The standard InChI is InChI=1S/C13H19NO4S/c1-3-6-14(11-5-8-19(16,17)9-11)13(15)12-10(2)4-7-18-12/h4,7,11H,3,5-6,8-9H2,1-2H3. The monoisotopic (exact) mass is 285 g/mol. The van der Waals surface area contributed by atoms with Gasteiger partial charge in [-0.1, -0.05) is 6.92 Å². The topological polar surface area (TPSA) is 67.6 Å². The number of sulfone groups is 1. The second kappa shape index (κ2) is 5.36. The SMILES string of the molecule is CCCN(C(=O)c1occc1C)C1CCS(=O)(=O)C1. The Morgan fingerprint density at radius 1 is 1.53 bits per heavy atom. The summed E-state index contributed by atoms with van der Waals surface area (Å²) in [4.78, 5) is 14.1. The minimum absolute atomic E-state index is 0.0680. The van der Waals surface area contributed by atoms with Gasteiger partial charge in [0.05, 0.1) is 17.8 Å². The summed E-state index contributed by atoms with van der Waals surface area (Å²) in [5, 5.41) is 0. The zero-order valence-electron chi connectivity index (χ0n) is 11.3. The van der Waals surface area contributed by atoms with Crippen molar-refractivity contribution in [3.05, 3.63) is 23.7 Å². The molecule has 1 unspecified atom stereocenters. The summed E-state index contributed by atoms with van der Waals surface area (Å²) in [6, 6.07) is 1.52. The van der Waals surface area contributed by atoms with E-state index in [0.717, 1.165) is 12.0 Å². The van der Waals surface area contributed by atoms with Gasteiger partial charge in [0.25, 0.3) is 5.91 Å². The van der Waals surface area contributed by atoms with Crippen LogP contribution < -0.4 is 0 Å². The van der Waals surface area contributed by atoms with Gasteiger partial charge in [0.1, 0.15) is 0 Å². The van der Waals surface area contributed by atoms with Crippen molar-refractivity contribution in [2.75, 3.05) is 18.1 Å². The molecular weight excluding hydrogens is 266 g/mol. The van der Waals surface area contributed by atoms with E-state index in [1.54, 1.807) is 11.0 Å². The number of aryl methyl sites for hydroxylation is 1. The first-order valence-electron chi connectivity index (χ1n) is 6.50. The molecule has 1 atom stereocenters. The summed E-state index contributed by atoms with van der Waals surface area (Å²) in [5.41, 5.74) is 0.784. The van der Waals surface area contributed by atoms with Gasteiger partial charge in [-0.2, -0.15) is 0 Å². The van der Waals surface area contributed by atoms with Gasteiger partial charge in [-0.15, -0.1) is 0 Å². The van der Waals surface area contributed by atoms with Crippen LogP contribution >= 0.6 is 0 Å². The molecule has 1 aromatic heterocycles. The largest absolute Gasteiger partial charge is 0.459 e. The number of amides is 1. The van der Waals surface area contributed by atoms with Crippen LogP contribution in [0.5, 0.6) is 0 Å². The molecule has 1 aliphatic heterocycles. The van der Waals surface area contributed by atoms with E-state index in [0.29, 0.717) is 18.7 Å². The lowest BCUT2D eigenvalue weighted by Crippen LogP contribution is -2.41. The molecule has 0 radical (unpaired) electrons. The van der Waals surface area contributed by atoms with Crippen LogP contribution in [0.3, 0.4) is 0 Å². The highest BCUT2D eigenvalue weighted by Gasteiger charge is 2.35. The van der Waals surface area contributed by atoms with Crippen molar-refractivity contribution in [3.8, 4) is 0 Å². The van der Waals surface area contributed by atoms with E-state index < -0.39 is 9.84 Å². The number of carbonyl (C=O) groups is 1. The maximum atomic E-state index is 12.5. The maximum Gasteiger partial charge on any atom is 0.290 e. The minimum Gasteiger partial charge on any atom is -0.459 e. The van der Waals surface area contributed by atoms with Crippen molar-refractivity contribution >= 4 is 15.7 Å². The van der Waals surface area contributed by atoms with Crippen molar-refractivity contribution in [1.29, 1.82) is 0 Å². The Hall–Kier alpha value is -1.30. The molecule has 5 nitrogen and oxygen atoms in total. The lowest BCUT2D eigenvalue weighted by Gasteiger charge is -2.27. The Bertz CT molecular complexity index is 561. The van der Waals surface area contributed by atoms with Gasteiger partial charge in [0.2, 0.25) is 0 Å². The number of carbonyl (C=O) groups excluding carboxylic acids is 1. The summed E-state index contributed by atoms with van der Waals surface area (Å²) in [7, 11) is -3.00. The van der Waals surface area contributed by atoms with Gasteiger partial charge < -0.3 is 9.32 Å². The molecule has 0 N–H and O–H groups in total. The molecule has 0 aromatic carbocycles. The van der Waals surface area contributed by atoms with Crippen molar-refractivity contribution in [1.82, 2.24) is 4.90 Å². The highest BCUT2D eigenvalue weighted by Crippen LogP contribution is 2.21. The summed E-state index contributed by atoms with van der Waals surface area (Å²) < 4.78 is 28.4. The van der Waals surface area contributed by atoms with E-state index in [-0.39, 0.29) is 23.5 Å². The first kappa shape index (κ1) is 14.1. The van der Waals surface area contributed by atoms with Crippen LogP contribution in [-0.2, 0) is 9.84 Å². The predicted molar refractivity (Wildman–Crippen MR) is 71.8 cm³/mol. The Balaban J connectivity index is 2.21. The smallest absolute Gasteiger partial charge is 0.290 e. The fraction of sp³-hybridized carbons (Fsp3) is 0.615. The average molecular weight is 285 g/mol. The first-order valence-corrected chi connectivity index (χ1v) is 8.32. The molecule has 106 valence electrons. The van der Waals surface area contributed by atoms with Crippen molar-refractivity contribution in [2.24, 2.45) is 0 Å². The van der Waals surface area contributed by atoms with Crippen LogP contribution in [-0.4, -0.2) is 43.3 Å². The molecule has 2 rings (SSSR count). The van der Waals surface area contributed by atoms with Gasteiger partial charge >= 0.3 is 0 Å². The highest BCUT2D eigenvalue weighted by molar-refractivity contribution is 7.91. The molecule has 0 bridgehead atoms. The average Bonchev–Trinajstić information content (AvgIpc) is 2.91. The molecule has 1 aromatic rings. The Labute approximate surface area is 113 Å². The molecule has 0 spiro atoms. The molecule has 2 heterocycles. The third-order valence-electron chi connectivity index (χ3n) is 3.43. The molecule has 0 saturated carbocycles. The molecule has 0 aliphatic carbocycles. The second-order valence-corrected chi connectivity index (χ2v) is 7.22. The molecule has 19 heavy (non-hydrogen) atoms. The van der Waals surface area contributed by atoms with E-state index >= 15 is 0 Å². The van der Waals surface area contributed by atoms with Crippen LogP contribution in [0.4, 0.5) is 0 Å². The van der Waals surface area contributed by atoms with Gasteiger partial charge in [-0.3, -0.25) is 4.79 Å². The van der Waals surface area contributed by atoms with Crippen LogP contribution in [0.2, 0.25) is 0 Å². The Morgan fingerprint density at radius 2 is 2.26 bits per heavy atom. The van der Waals surface area contributed by atoms with Crippen molar-refractivity contribution < 1.29 is 17.6 Å². The normalized spacial score (nSPS) is 21.5. The number of hydrogen-bond acceptors (Lipinski definition) is 4. The van der Waals surface area contributed by atoms with E-state index in [1.807, 2.05) is 13.8 Å². The molecule has 1 amide bonds. The number of nitrogens with zero attached hydrogens (tertiary/aromatic N) is 1. The fourth-order valence-electron chi connectivity index (χ4n) is 2.43. The first-order chi connectivity index (χ1) is 8.94. The molecule has 1 saturated heterocycles. The van der Waals surface area contributed by atoms with Crippen LogP contribution in [0.25, 0.3) is 0 Å². The molecule has 6 heteroatoms. The van der Waals surface area contributed by atoms with E-state index in [2.05, 4.69) is 0 Å². The molecule has 1 aliphatic rings. The third kappa shape index (κ3) is 3.00. The summed E-state index contributed by atoms with van der Waals surface area (Å²) in [6.45, 7) is 4.34. The zero-order valence-corrected chi connectivity index (χ0v) is 12.1. The van der Waals surface area contributed by atoms with Crippen molar-refractivity contribution in [2.45, 2.75) is 32.7 Å². The highest BCUT2D eigenvalue weighted by atomic mass is 32.2. The Kier molecular flexibility index (Phi) is 3.99. The summed E-state index contributed by atoms with van der Waals surface area (Å²) in [5.74, 6) is 0.352. The van der Waals surface area contributed by atoms with Gasteiger partial charge in [0.15, 0.2) is 15.6 Å². The summed E-state index contributed by atoms with van der Waals surface area (Å²) >= 11 is 0. The second-order valence-electron chi connectivity index (χ2n) is 4.99. The quantitative estimate of drug-likeness (QED) is 0.843. The van der Waals surface area contributed by atoms with Crippen LogP contribution in [0.15, 0.2) is 16.7 Å². The summed E-state index contributed by atoms with van der Waals surface area (Å²) in [6.07, 6.45) is 2.80. The van der Waals surface area contributed by atoms with Gasteiger partial charge in [-0.25, -0.2) is 8.42 Å². The number of furan rings is 1. The van der Waals surface area contributed by atoms with Gasteiger partial charge in [0, 0.05) is 18.2 Å². The molecular formula is C13H19NO4S. The maximum absolute atomic E-state index is 12.5. The van der Waals surface area contributed by atoms with Crippen molar-refractivity contribution in [3.63, 3.8) is 0 Å². The predicted octanol–water partition coefficient (Wildman–Crippen LogP) is 1.63. The molecule has 1 fully saturated rings. The lowest BCUT2D eigenvalue weighted by atomic mass is 10.1. The van der Waals surface area contributed by atoms with E-state index in [1.165, 1.54) is 6.26 Å². The van der Waals surface area contributed by atoms with Gasteiger partial charge in [-0.05, 0) is 25.8 Å². The van der Waals surface area contributed by atoms with Crippen LogP contribution in [0, 0.1) is 6.92 Å². The number of rotatable bonds is 4. The van der Waals surface area contributed by atoms with E-state index in [4.69, 9.17) is 4.42 Å². The zero-order chi connectivity index (χ0) is 14.0. The third-order valence-corrected chi connectivity index (χ3v) is 5.18. The lowest BCUT2D eigenvalue weighted by molar-refractivity contribution is 0.0663. The number of hydrogen-bond donors (Lipinski definition) is 0. The fourth-order valence-corrected chi connectivity index (χ4v) is 4.17. The Morgan fingerprint density at radius 3 is 2.74 bits per heavy atom.